The second kappa shape index (κ2) is 5.69. The largest absolute Gasteiger partial charge is 0.328 e. The molecule has 2 aromatic rings. The minimum atomic E-state index is 0.131. The molecule has 2 rings (SSSR count). The fourth-order valence-electron chi connectivity index (χ4n) is 1.90. The van der Waals surface area contributed by atoms with Gasteiger partial charge in [0, 0.05) is 36.4 Å². The summed E-state index contributed by atoms with van der Waals surface area (Å²) in [7, 11) is 0. The van der Waals surface area contributed by atoms with Crippen LogP contribution < -0.4 is 5.73 Å². The summed E-state index contributed by atoms with van der Waals surface area (Å²) in [5, 5.41) is 0. The first-order chi connectivity index (χ1) is 8.70. The Morgan fingerprint density at radius 2 is 1.94 bits per heavy atom. The van der Waals surface area contributed by atoms with Gasteiger partial charge in [-0.1, -0.05) is 6.92 Å². The lowest BCUT2D eigenvalue weighted by Gasteiger charge is -2.07. The van der Waals surface area contributed by atoms with Crippen LogP contribution in [0.1, 0.15) is 25.0 Å². The average Bonchev–Trinajstić information content (AvgIpc) is 2.39. The summed E-state index contributed by atoms with van der Waals surface area (Å²) in [6, 6.07) is 2.09. The zero-order valence-corrected chi connectivity index (χ0v) is 10.8. The van der Waals surface area contributed by atoms with E-state index in [0.717, 1.165) is 35.4 Å². The highest BCUT2D eigenvalue weighted by Crippen LogP contribution is 2.19. The first kappa shape index (κ1) is 12.6. The Labute approximate surface area is 107 Å². The molecule has 4 nitrogen and oxygen atoms in total. The summed E-state index contributed by atoms with van der Waals surface area (Å²) in [5.41, 5.74) is 9.05. The molecule has 1 atom stereocenters. The highest BCUT2D eigenvalue weighted by molar-refractivity contribution is 5.58. The highest BCUT2D eigenvalue weighted by atomic mass is 14.9. The Morgan fingerprint density at radius 1 is 1.22 bits per heavy atom. The molecule has 18 heavy (non-hydrogen) atoms. The van der Waals surface area contributed by atoms with E-state index in [1.807, 2.05) is 31.6 Å². The molecule has 0 spiro atoms. The second-order valence-electron chi connectivity index (χ2n) is 4.48. The summed E-state index contributed by atoms with van der Waals surface area (Å²) in [6.45, 7) is 4.08. The van der Waals surface area contributed by atoms with E-state index in [9.17, 15) is 0 Å². The van der Waals surface area contributed by atoms with Crippen LogP contribution in [-0.2, 0) is 12.8 Å². The maximum Gasteiger partial charge on any atom is 0.159 e. The molecule has 2 heterocycles. The third-order valence-corrected chi connectivity index (χ3v) is 2.79. The molecular formula is C14H18N4. The van der Waals surface area contributed by atoms with Crippen LogP contribution in [-0.4, -0.2) is 21.0 Å². The van der Waals surface area contributed by atoms with Gasteiger partial charge in [-0.3, -0.25) is 4.98 Å². The van der Waals surface area contributed by atoms with Gasteiger partial charge < -0.3 is 5.73 Å². The minimum Gasteiger partial charge on any atom is -0.328 e. The fraction of sp³-hybridized carbons (Fsp3) is 0.357. The molecule has 4 heteroatoms. The number of pyridine rings is 1. The molecule has 0 aromatic carbocycles. The van der Waals surface area contributed by atoms with Crippen LogP contribution in [0.15, 0.2) is 30.9 Å². The smallest absolute Gasteiger partial charge is 0.159 e. The summed E-state index contributed by atoms with van der Waals surface area (Å²) in [5.74, 6) is 0.752. The van der Waals surface area contributed by atoms with Gasteiger partial charge in [0.1, 0.15) is 0 Å². The van der Waals surface area contributed by atoms with Crippen molar-refractivity contribution in [1.29, 1.82) is 0 Å². The van der Waals surface area contributed by atoms with Gasteiger partial charge in [-0.25, -0.2) is 9.97 Å². The Bertz CT molecular complexity index is 505. The van der Waals surface area contributed by atoms with Crippen LogP contribution in [0.3, 0.4) is 0 Å². The molecule has 0 aliphatic rings. The number of nitrogens with zero attached hydrogens (tertiary/aromatic N) is 3. The van der Waals surface area contributed by atoms with Crippen molar-refractivity contribution in [2.45, 2.75) is 32.7 Å². The maximum atomic E-state index is 5.76. The van der Waals surface area contributed by atoms with Crippen molar-refractivity contribution in [3.8, 4) is 11.4 Å². The summed E-state index contributed by atoms with van der Waals surface area (Å²) in [6.07, 6.45) is 9.07. The van der Waals surface area contributed by atoms with Crippen molar-refractivity contribution in [3.05, 3.63) is 42.0 Å². The number of hydrogen-bond donors (Lipinski definition) is 1. The van der Waals surface area contributed by atoms with Gasteiger partial charge in [-0.2, -0.15) is 0 Å². The predicted octanol–water partition coefficient (Wildman–Crippen LogP) is 1.99. The molecule has 0 amide bonds. The van der Waals surface area contributed by atoms with Crippen LogP contribution in [0.4, 0.5) is 0 Å². The monoisotopic (exact) mass is 242 g/mol. The van der Waals surface area contributed by atoms with Crippen LogP contribution >= 0.6 is 0 Å². The van der Waals surface area contributed by atoms with Crippen LogP contribution in [0, 0.1) is 0 Å². The summed E-state index contributed by atoms with van der Waals surface area (Å²) < 4.78 is 0. The maximum absolute atomic E-state index is 5.76. The third kappa shape index (κ3) is 2.90. The standard InChI is InChI=1S/C14H18N4/c1-3-12-9-16-5-4-13(12)14-17-7-11(8-18-14)6-10(2)15/h4-5,7-10H,3,6,15H2,1-2H3. The lowest BCUT2D eigenvalue weighted by atomic mass is 10.1. The van der Waals surface area contributed by atoms with Crippen molar-refractivity contribution in [1.82, 2.24) is 15.0 Å². The van der Waals surface area contributed by atoms with Crippen molar-refractivity contribution >= 4 is 0 Å². The summed E-state index contributed by atoms with van der Waals surface area (Å²) >= 11 is 0. The number of aromatic nitrogens is 3. The average molecular weight is 242 g/mol. The van der Waals surface area contributed by atoms with E-state index in [1.165, 1.54) is 0 Å². The molecule has 0 bridgehead atoms. The number of hydrogen-bond acceptors (Lipinski definition) is 4. The van der Waals surface area contributed by atoms with Gasteiger partial charge >= 0.3 is 0 Å². The first-order valence-electron chi connectivity index (χ1n) is 6.20. The van der Waals surface area contributed by atoms with E-state index in [-0.39, 0.29) is 6.04 Å². The van der Waals surface area contributed by atoms with Crippen molar-refractivity contribution in [2.24, 2.45) is 5.73 Å². The van der Waals surface area contributed by atoms with Gasteiger partial charge in [-0.15, -0.1) is 0 Å². The van der Waals surface area contributed by atoms with E-state index >= 15 is 0 Å². The molecule has 0 saturated heterocycles. The molecule has 0 aliphatic heterocycles. The number of nitrogens with two attached hydrogens (primary N) is 1. The van der Waals surface area contributed by atoms with Gasteiger partial charge in [-0.05, 0) is 37.0 Å². The lowest BCUT2D eigenvalue weighted by molar-refractivity contribution is 0.732. The molecule has 0 fully saturated rings. The Kier molecular flexibility index (Phi) is 3.99. The van der Waals surface area contributed by atoms with E-state index in [1.54, 1.807) is 6.20 Å². The van der Waals surface area contributed by atoms with Crippen molar-refractivity contribution < 1.29 is 0 Å². The molecule has 0 saturated carbocycles. The quantitative estimate of drug-likeness (QED) is 0.890. The number of rotatable bonds is 4. The Morgan fingerprint density at radius 3 is 2.56 bits per heavy atom. The minimum absolute atomic E-state index is 0.131. The van der Waals surface area contributed by atoms with Gasteiger partial charge in [0.25, 0.3) is 0 Å². The molecule has 94 valence electrons. The van der Waals surface area contributed by atoms with E-state index in [2.05, 4.69) is 21.9 Å². The Balaban J connectivity index is 2.28. The molecule has 2 aromatic heterocycles. The predicted molar refractivity (Wildman–Crippen MR) is 72.0 cm³/mol. The van der Waals surface area contributed by atoms with E-state index < -0.39 is 0 Å². The lowest BCUT2D eigenvalue weighted by Crippen LogP contribution is -2.18. The molecule has 0 radical (unpaired) electrons. The van der Waals surface area contributed by atoms with Crippen LogP contribution in [0.2, 0.25) is 0 Å². The normalized spacial score (nSPS) is 12.4. The second-order valence-corrected chi connectivity index (χ2v) is 4.48. The van der Waals surface area contributed by atoms with Gasteiger partial charge in [0.05, 0.1) is 0 Å². The fourth-order valence-corrected chi connectivity index (χ4v) is 1.90. The van der Waals surface area contributed by atoms with Crippen molar-refractivity contribution in [2.75, 3.05) is 0 Å². The van der Waals surface area contributed by atoms with E-state index in [4.69, 9.17) is 5.73 Å². The zero-order valence-electron chi connectivity index (χ0n) is 10.8. The Hall–Kier alpha value is -1.81. The van der Waals surface area contributed by atoms with Crippen molar-refractivity contribution in [3.63, 3.8) is 0 Å². The SMILES string of the molecule is CCc1cnccc1-c1ncc(CC(C)N)cn1. The molecular weight excluding hydrogens is 224 g/mol. The van der Waals surface area contributed by atoms with Crippen LogP contribution in [0.5, 0.6) is 0 Å². The summed E-state index contributed by atoms with van der Waals surface area (Å²) in [4.78, 5) is 13.0. The molecule has 0 aliphatic carbocycles. The van der Waals surface area contributed by atoms with Crippen LogP contribution in [0.25, 0.3) is 11.4 Å². The van der Waals surface area contributed by atoms with E-state index in [0.29, 0.717) is 0 Å². The first-order valence-corrected chi connectivity index (χ1v) is 6.20. The topological polar surface area (TPSA) is 64.7 Å². The molecule has 1 unspecified atom stereocenters. The zero-order chi connectivity index (χ0) is 13.0. The van der Waals surface area contributed by atoms with Gasteiger partial charge in [0.15, 0.2) is 5.82 Å². The number of aryl methyl sites for hydroxylation is 1. The molecule has 2 N–H and O–H groups in total. The van der Waals surface area contributed by atoms with Gasteiger partial charge in [0.2, 0.25) is 0 Å². The third-order valence-electron chi connectivity index (χ3n) is 2.79. The highest BCUT2D eigenvalue weighted by Gasteiger charge is 2.07.